The van der Waals surface area contributed by atoms with Crippen LogP contribution in [-0.4, -0.2) is 16.2 Å². The van der Waals surface area contributed by atoms with E-state index in [1.165, 1.54) is 0 Å². The number of nitrogens with two attached hydrogens (primary N) is 1. The minimum Gasteiger partial charge on any atom is -0.404 e. The smallest absolute Gasteiger partial charge is 0.404 e. The Morgan fingerprint density at radius 3 is 2.53 bits per heavy atom. The molecule has 0 amide bonds. The van der Waals surface area contributed by atoms with Crippen LogP contribution < -0.4 is 5.73 Å². The number of aromatic nitrogens is 2. The van der Waals surface area contributed by atoms with Crippen molar-refractivity contribution in [2.75, 3.05) is 0 Å². The summed E-state index contributed by atoms with van der Waals surface area (Å²) in [5, 5.41) is 0. The van der Waals surface area contributed by atoms with E-state index in [0.29, 0.717) is 18.7 Å². The van der Waals surface area contributed by atoms with Crippen molar-refractivity contribution in [1.29, 1.82) is 0 Å². The van der Waals surface area contributed by atoms with Crippen molar-refractivity contribution in [1.82, 2.24) is 9.97 Å². The molecule has 32 heavy (non-hydrogen) atoms. The van der Waals surface area contributed by atoms with E-state index in [2.05, 4.69) is 15.0 Å². The highest BCUT2D eigenvalue weighted by Crippen LogP contribution is 2.46. The lowest BCUT2D eigenvalue weighted by molar-refractivity contribution is -0.138. The maximum atomic E-state index is 14.1. The summed E-state index contributed by atoms with van der Waals surface area (Å²) >= 11 is 0. The number of hydrogen-bond donors (Lipinski definition) is 1. The van der Waals surface area contributed by atoms with Crippen molar-refractivity contribution >= 4 is 11.8 Å². The van der Waals surface area contributed by atoms with Crippen molar-refractivity contribution in [3.63, 3.8) is 0 Å². The quantitative estimate of drug-likeness (QED) is 0.438. The van der Waals surface area contributed by atoms with Crippen LogP contribution in [0.2, 0.25) is 0 Å². The normalized spacial score (nSPS) is 16.9. The lowest BCUT2D eigenvalue weighted by Crippen LogP contribution is -2.16. The van der Waals surface area contributed by atoms with Crippen molar-refractivity contribution < 1.29 is 17.6 Å². The number of pyridine rings is 2. The van der Waals surface area contributed by atoms with Gasteiger partial charge in [-0.05, 0) is 48.6 Å². The fourth-order valence-corrected chi connectivity index (χ4v) is 3.62. The van der Waals surface area contributed by atoms with E-state index >= 15 is 0 Å². The van der Waals surface area contributed by atoms with Crippen LogP contribution in [0.1, 0.15) is 45.2 Å². The number of halogens is 4. The molecule has 2 N–H and O–H groups in total. The molecule has 0 aliphatic heterocycles. The minimum absolute atomic E-state index is 0.00432. The summed E-state index contributed by atoms with van der Waals surface area (Å²) in [4.78, 5) is 12.6. The number of fused-ring (bicyclic) bond motifs is 1. The summed E-state index contributed by atoms with van der Waals surface area (Å²) < 4.78 is 52.1. The Labute approximate surface area is 182 Å². The summed E-state index contributed by atoms with van der Waals surface area (Å²) in [6.07, 6.45) is 1.70. The van der Waals surface area contributed by atoms with Gasteiger partial charge in [-0.25, -0.2) is 4.39 Å². The highest BCUT2D eigenvalue weighted by Gasteiger charge is 2.32. The number of hydrogen-bond acceptors (Lipinski definition) is 4. The molecule has 2 aromatic heterocycles. The average molecular weight is 440 g/mol. The van der Waals surface area contributed by atoms with E-state index in [9.17, 15) is 17.6 Å². The first-order valence-corrected chi connectivity index (χ1v) is 9.98. The van der Waals surface area contributed by atoms with Gasteiger partial charge in [0.25, 0.3) is 0 Å². The fourth-order valence-electron chi connectivity index (χ4n) is 3.62. The monoisotopic (exact) mass is 440 g/mol. The van der Waals surface area contributed by atoms with E-state index in [-0.39, 0.29) is 18.2 Å². The van der Waals surface area contributed by atoms with Crippen LogP contribution in [0.25, 0.3) is 5.57 Å². The first-order chi connectivity index (χ1) is 15.3. The molecule has 1 aliphatic carbocycles. The van der Waals surface area contributed by atoms with Crippen LogP contribution >= 0.6 is 0 Å². The van der Waals surface area contributed by atoms with Gasteiger partial charge in [-0.15, -0.1) is 0 Å². The number of aryl methyl sites for hydroxylation is 3. The summed E-state index contributed by atoms with van der Waals surface area (Å²) in [6.45, 7) is 1.91. The molecule has 1 aliphatic rings. The first-order valence-electron chi connectivity index (χ1n) is 9.98. The molecule has 0 spiro atoms. The zero-order chi connectivity index (χ0) is 22.9. The third-order valence-corrected chi connectivity index (χ3v) is 5.40. The third kappa shape index (κ3) is 4.39. The average Bonchev–Trinajstić information content (AvgIpc) is 2.75. The Bertz CT molecular complexity index is 1200. The van der Waals surface area contributed by atoms with Crippen molar-refractivity contribution in [3.8, 4) is 0 Å². The summed E-state index contributed by atoms with van der Waals surface area (Å²) in [5.74, 6) is -0.953. The molecular weight excluding hydrogens is 420 g/mol. The zero-order valence-corrected chi connectivity index (χ0v) is 17.2. The number of rotatable bonds is 5. The van der Waals surface area contributed by atoms with Crippen LogP contribution in [0.15, 0.2) is 60.0 Å². The minimum atomic E-state index is -4.62. The van der Waals surface area contributed by atoms with Crippen LogP contribution in [-0.2, 0) is 19.0 Å². The maximum Gasteiger partial charge on any atom is 0.417 e. The van der Waals surface area contributed by atoms with E-state index in [0.717, 1.165) is 33.5 Å². The van der Waals surface area contributed by atoms with E-state index in [1.807, 2.05) is 37.3 Å². The third-order valence-electron chi connectivity index (χ3n) is 5.40. The Kier molecular flexibility index (Phi) is 5.78. The molecule has 1 atom stereocenters. The van der Waals surface area contributed by atoms with Crippen LogP contribution in [0.4, 0.5) is 17.6 Å². The van der Waals surface area contributed by atoms with Gasteiger partial charge in [-0.2, -0.15) is 13.2 Å². The predicted molar refractivity (Wildman–Crippen MR) is 115 cm³/mol. The Balaban J connectivity index is 1.49. The number of nitrogens with zero attached hydrogens (tertiary/aromatic N) is 3. The second-order valence-electron chi connectivity index (χ2n) is 7.61. The summed E-state index contributed by atoms with van der Waals surface area (Å²) in [5.41, 5.74) is 10.3. The molecule has 0 saturated carbocycles. The Hall–Kier alpha value is -3.55. The van der Waals surface area contributed by atoms with Gasteiger partial charge in [0.15, 0.2) is 0 Å². The molecule has 2 heterocycles. The molecule has 0 saturated heterocycles. The van der Waals surface area contributed by atoms with Crippen LogP contribution in [0.5, 0.6) is 0 Å². The topological polar surface area (TPSA) is 64.2 Å². The van der Waals surface area contributed by atoms with Gasteiger partial charge in [-0.1, -0.05) is 24.3 Å². The van der Waals surface area contributed by atoms with Gasteiger partial charge in [0.1, 0.15) is 11.9 Å². The van der Waals surface area contributed by atoms with Gasteiger partial charge in [0, 0.05) is 41.6 Å². The zero-order valence-electron chi connectivity index (χ0n) is 17.2. The standard InChI is InChI=1S/C24H20F4N4/c1-14-2-3-16(11-30-14)12-32-23-19-8-15(4-6-18(19)20(23)10-29)5-7-22-21(25)9-17(13-31-22)24(26,27)28/h2-4,6,8-13,23H,5,7,29H2,1H3/b20-10-,32-12+. The number of benzene rings is 1. The molecule has 4 rings (SSSR count). The molecular formula is C24H20F4N4. The van der Waals surface area contributed by atoms with Gasteiger partial charge in [0.05, 0.1) is 11.3 Å². The van der Waals surface area contributed by atoms with Crippen LogP contribution in [0, 0.1) is 12.7 Å². The molecule has 3 aromatic rings. The second kappa shape index (κ2) is 8.53. The second-order valence-corrected chi connectivity index (χ2v) is 7.61. The molecule has 164 valence electrons. The summed E-state index contributed by atoms with van der Waals surface area (Å²) in [6, 6.07) is 9.91. The molecule has 0 bridgehead atoms. The molecule has 0 radical (unpaired) electrons. The van der Waals surface area contributed by atoms with Crippen molar-refractivity contribution in [3.05, 3.63) is 100 Å². The van der Waals surface area contributed by atoms with Gasteiger partial charge >= 0.3 is 6.18 Å². The molecule has 0 fully saturated rings. The van der Waals surface area contributed by atoms with Crippen LogP contribution in [0.3, 0.4) is 0 Å². The highest BCUT2D eigenvalue weighted by atomic mass is 19.4. The van der Waals surface area contributed by atoms with Gasteiger partial charge in [0.2, 0.25) is 0 Å². The largest absolute Gasteiger partial charge is 0.417 e. The lowest BCUT2D eigenvalue weighted by Gasteiger charge is -2.31. The molecule has 1 aromatic carbocycles. The van der Waals surface area contributed by atoms with E-state index < -0.39 is 17.6 Å². The maximum absolute atomic E-state index is 14.1. The highest BCUT2D eigenvalue weighted by molar-refractivity contribution is 5.87. The first kappa shape index (κ1) is 21.7. The number of aliphatic imine (C=N–C) groups is 1. The van der Waals surface area contributed by atoms with E-state index in [4.69, 9.17) is 5.73 Å². The number of alkyl halides is 3. The predicted octanol–water partition coefficient (Wildman–Crippen LogP) is 5.20. The Morgan fingerprint density at radius 2 is 1.88 bits per heavy atom. The molecule has 4 nitrogen and oxygen atoms in total. The van der Waals surface area contributed by atoms with Gasteiger partial charge in [-0.3, -0.25) is 15.0 Å². The van der Waals surface area contributed by atoms with Crippen molar-refractivity contribution in [2.24, 2.45) is 10.7 Å². The lowest BCUT2D eigenvalue weighted by atomic mass is 9.77. The Morgan fingerprint density at radius 1 is 1.06 bits per heavy atom. The molecule has 8 heteroatoms. The fraction of sp³-hybridized carbons (Fsp3) is 0.208. The van der Waals surface area contributed by atoms with E-state index in [1.54, 1.807) is 18.6 Å². The van der Waals surface area contributed by atoms with Crippen molar-refractivity contribution in [2.45, 2.75) is 32.0 Å². The molecule has 1 unspecified atom stereocenters. The summed E-state index contributed by atoms with van der Waals surface area (Å²) in [7, 11) is 0. The SMILES string of the molecule is Cc1ccc(/C=N/C2/C(=C\N)c3ccc(CCc4ncc(C(F)(F)F)cc4F)cc32)cn1. The van der Waals surface area contributed by atoms with Gasteiger partial charge < -0.3 is 5.73 Å².